The molecule has 2 nitrogen and oxygen atoms in total. The van der Waals surface area contributed by atoms with Gasteiger partial charge in [-0.3, -0.25) is 4.79 Å². The number of hydrogen-bond donors (Lipinski definition) is 1. The van der Waals surface area contributed by atoms with Crippen LogP contribution in [-0.4, -0.2) is 17.9 Å². The van der Waals surface area contributed by atoms with Crippen molar-refractivity contribution >= 4 is 29.0 Å². The molecule has 2 aliphatic rings. The van der Waals surface area contributed by atoms with Crippen molar-refractivity contribution in [3.63, 3.8) is 0 Å². The zero-order valence-corrected chi connectivity index (χ0v) is 11.5. The van der Waals surface area contributed by atoms with Crippen LogP contribution in [0.2, 0.25) is 10.0 Å². The van der Waals surface area contributed by atoms with E-state index in [1.165, 1.54) is 6.42 Å². The third-order valence-electron chi connectivity index (χ3n) is 4.09. The molecule has 2 aliphatic heterocycles. The molecule has 4 heteroatoms. The van der Waals surface area contributed by atoms with E-state index < -0.39 is 0 Å². The second kappa shape index (κ2) is 4.84. The number of carbonyl (C=O) groups is 1. The molecule has 96 valence electrons. The van der Waals surface area contributed by atoms with Crippen LogP contribution in [0, 0.1) is 5.92 Å². The summed E-state index contributed by atoms with van der Waals surface area (Å²) in [6, 6.07) is 6.29. The first kappa shape index (κ1) is 12.5. The maximum Gasteiger partial charge on any atom is 0.142 e. The maximum atomic E-state index is 12.3. The van der Waals surface area contributed by atoms with E-state index in [0.29, 0.717) is 34.3 Å². The van der Waals surface area contributed by atoms with Crippen molar-refractivity contribution < 1.29 is 4.79 Å². The van der Waals surface area contributed by atoms with E-state index in [1.807, 2.05) is 6.07 Å². The minimum atomic E-state index is 0.176. The van der Waals surface area contributed by atoms with Gasteiger partial charge in [-0.15, -0.1) is 0 Å². The minimum absolute atomic E-state index is 0.176. The summed E-state index contributed by atoms with van der Waals surface area (Å²) in [4.78, 5) is 12.3. The summed E-state index contributed by atoms with van der Waals surface area (Å²) < 4.78 is 0. The quantitative estimate of drug-likeness (QED) is 0.923. The van der Waals surface area contributed by atoms with Gasteiger partial charge in [0.15, 0.2) is 0 Å². The molecular weight excluding hydrogens is 269 g/mol. The highest BCUT2D eigenvalue weighted by Gasteiger charge is 2.42. The molecule has 3 rings (SSSR count). The van der Waals surface area contributed by atoms with Gasteiger partial charge in [0, 0.05) is 34.5 Å². The van der Waals surface area contributed by atoms with Gasteiger partial charge in [0.05, 0.1) is 0 Å². The molecule has 0 amide bonds. The molecule has 2 bridgehead atoms. The van der Waals surface area contributed by atoms with Gasteiger partial charge >= 0.3 is 0 Å². The Morgan fingerprint density at radius 1 is 1.33 bits per heavy atom. The first-order chi connectivity index (χ1) is 8.63. The van der Waals surface area contributed by atoms with Crippen LogP contribution in [-0.2, 0) is 11.2 Å². The first-order valence-electron chi connectivity index (χ1n) is 6.36. The van der Waals surface area contributed by atoms with Gasteiger partial charge in [-0.05, 0) is 37.0 Å². The van der Waals surface area contributed by atoms with Gasteiger partial charge in [0.2, 0.25) is 0 Å². The molecule has 2 saturated heterocycles. The van der Waals surface area contributed by atoms with Crippen LogP contribution in [0.3, 0.4) is 0 Å². The number of ketones is 1. The van der Waals surface area contributed by atoms with Crippen molar-refractivity contribution in [2.75, 3.05) is 0 Å². The van der Waals surface area contributed by atoms with Gasteiger partial charge < -0.3 is 5.32 Å². The molecule has 0 saturated carbocycles. The van der Waals surface area contributed by atoms with Crippen molar-refractivity contribution in [3.05, 3.63) is 33.8 Å². The molecule has 0 spiro atoms. The van der Waals surface area contributed by atoms with Crippen LogP contribution in [0.4, 0.5) is 0 Å². The van der Waals surface area contributed by atoms with Gasteiger partial charge in [-0.1, -0.05) is 29.3 Å². The van der Waals surface area contributed by atoms with Crippen LogP contribution >= 0.6 is 23.2 Å². The topological polar surface area (TPSA) is 29.1 Å². The molecule has 0 aromatic heterocycles. The average molecular weight is 284 g/mol. The van der Waals surface area contributed by atoms with E-state index in [4.69, 9.17) is 23.2 Å². The minimum Gasteiger partial charge on any atom is -0.310 e. The first-order valence-corrected chi connectivity index (χ1v) is 7.12. The average Bonchev–Trinajstić information content (AvgIpc) is 2.94. The van der Waals surface area contributed by atoms with Crippen molar-refractivity contribution in [1.29, 1.82) is 0 Å². The van der Waals surface area contributed by atoms with E-state index in [0.717, 1.165) is 18.4 Å². The molecule has 1 aromatic carbocycles. The fraction of sp³-hybridized carbons (Fsp3) is 0.500. The van der Waals surface area contributed by atoms with Gasteiger partial charge in [-0.2, -0.15) is 0 Å². The lowest BCUT2D eigenvalue weighted by Crippen LogP contribution is -2.29. The maximum absolute atomic E-state index is 12.3. The Kier molecular flexibility index (Phi) is 3.35. The lowest BCUT2D eigenvalue weighted by Gasteiger charge is -2.19. The Morgan fingerprint density at radius 3 is 2.78 bits per heavy atom. The number of nitrogens with one attached hydrogen (secondary N) is 1. The summed E-state index contributed by atoms with van der Waals surface area (Å²) >= 11 is 12.0. The Bertz CT molecular complexity index is 489. The Morgan fingerprint density at radius 2 is 2.17 bits per heavy atom. The van der Waals surface area contributed by atoms with E-state index in [9.17, 15) is 4.79 Å². The summed E-state index contributed by atoms with van der Waals surface area (Å²) in [6.45, 7) is 0. The summed E-state index contributed by atoms with van der Waals surface area (Å²) in [5, 5.41) is 4.69. The highest BCUT2D eigenvalue weighted by molar-refractivity contribution is 6.35. The SMILES string of the molecule is O=C(Cc1ccc(Cl)cc1Cl)C1CC2CCC1N2. The molecular formula is C14H15Cl2NO. The Hall–Kier alpha value is -0.570. The van der Waals surface area contributed by atoms with Crippen LogP contribution in [0.5, 0.6) is 0 Å². The molecule has 0 aliphatic carbocycles. The predicted octanol–water partition coefficient (Wildman–Crippen LogP) is 3.25. The Labute approximate surface area is 117 Å². The smallest absolute Gasteiger partial charge is 0.142 e. The van der Waals surface area contributed by atoms with Crippen molar-refractivity contribution in [3.8, 4) is 0 Å². The van der Waals surface area contributed by atoms with E-state index in [2.05, 4.69) is 5.32 Å². The molecule has 3 unspecified atom stereocenters. The lowest BCUT2D eigenvalue weighted by molar-refractivity contribution is -0.122. The third-order valence-corrected chi connectivity index (χ3v) is 4.68. The summed E-state index contributed by atoms with van der Waals surface area (Å²) in [5.41, 5.74) is 0.883. The highest BCUT2D eigenvalue weighted by Crippen LogP contribution is 2.34. The lowest BCUT2D eigenvalue weighted by atomic mass is 9.84. The molecule has 1 N–H and O–H groups in total. The zero-order valence-electron chi connectivity index (χ0n) is 9.96. The van der Waals surface area contributed by atoms with E-state index >= 15 is 0 Å². The van der Waals surface area contributed by atoms with Crippen molar-refractivity contribution in [1.82, 2.24) is 5.32 Å². The highest BCUT2D eigenvalue weighted by atomic mass is 35.5. The number of rotatable bonds is 3. The predicted molar refractivity (Wildman–Crippen MR) is 73.2 cm³/mol. The fourth-order valence-electron chi connectivity index (χ4n) is 3.16. The summed E-state index contributed by atoms with van der Waals surface area (Å²) in [7, 11) is 0. The number of benzene rings is 1. The second-order valence-electron chi connectivity index (χ2n) is 5.27. The largest absolute Gasteiger partial charge is 0.310 e. The van der Waals surface area contributed by atoms with Crippen LogP contribution < -0.4 is 5.32 Å². The van der Waals surface area contributed by atoms with E-state index in [-0.39, 0.29) is 5.92 Å². The van der Waals surface area contributed by atoms with Crippen LogP contribution in [0.25, 0.3) is 0 Å². The molecule has 2 fully saturated rings. The van der Waals surface area contributed by atoms with Gasteiger partial charge in [-0.25, -0.2) is 0 Å². The standard InChI is InChI=1S/C14H15Cl2NO/c15-9-2-1-8(12(16)6-9)5-14(18)11-7-10-3-4-13(11)17-10/h1-2,6,10-11,13,17H,3-5,7H2. The number of carbonyl (C=O) groups excluding carboxylic acids is 1. The molecule has 0 radical (unpaired) electrons. The molecule has 3 atom stereocenters. The molecule has 1 aromatic rings. The molecule has 2 heterocycles. The normalized spacial score (nSPS) is 29.8. The van der Waals surface area contributed by atoms with Crippen LogP contribution in [0.15, 0.2) is 18.2 Å². The van der Waals surface area contributed by atoms with Crippen molar-refractivity contribution in [2.45, 2.75) is 37.8 Å². The third kappa shape index (κ3) is 2.29. The fourth-order valence-corrected chi connectivity index (χ4v) is 3.64. The van der Waals surface area contributed by atoms with Gasteiger partial charge in [0.25, 0.3) is 0 Å². The van der Waals surface area contributed by atoms with Gasteiger partial charge in [0.1, 0.15) is 5.78 Å². The number of Topliss-reactive ketones (excluding diaryl/α,β-unsaturated/α-hetero) is 1. The summed E-state index contributed by atoms with van der Waals surface area (Å²) in [6.07, 6.45) is 3.77. The monoisotopic (exact) mass is 283 g/mol. The molecule has 18 heavy (non-hydrogen) atoms. The number of hydrogen-bond acceptors (Lipinski definition) is 2. The van der Waals surface area contributed by atoms with Crippen molar-refractivity contribution in [2.24, 2.45) is 5.92 Å². The van der Waals surface area contributed by atoms with Crippen LogP contribution in [0.1, 0.15) is 24.8 Å². The number of fused-ring (bicyclic) bond motifs is 2. The zero-order chi connectivity index (χ0) is 12.7. The Balaban J connectivity index is 1.71. The second-order valence-corrected chi connectivity index (χ2v) is 6.11. The number of halogens is 2. The van der Waals surface area contributed by atoms with E-state index in [1.54, 1.807) is 12.1 Å². The summed E-state index contributed by atoms with van der Waals surface area (Å²) in [5.74, 6) is 0.481.